The van der Waals surface area contributed by atoms with Crippen LogP contribution in [0.15, 0.2) is 30.3 Å². The van der Waals surface area contributed by atoms with E-state index < -0.39 is 6.10 Å². The SMILES string of the molecule is CCSC1CCCC1NCC(O)COc1ccccc1. The Morgan fingerprint density at radius 2 is 2.15 bits per heavy atom. The van der Waals surface area contributed by atoms with Crippen LogP contribution in [0.5, 0.6) is 5.75 Å². The van der Waals surface area contributed by atoms with E-state index in [0.717, 1.165) is 5.75 Å². The van der Waals surface area contributed by atoms with E-state index in [-0.39, 0.29) is 0 Å². The lowest BCUT2D eigenvalue weighted by atomic mass is 10.2. The third-order valence-electron chi connectivity index (χ3n) is 3.63. The van der Waals surface area contributed by atoms with E-state index in [1.165, 1.54) is 25.0 Å². The second-order valence-corrected chi connectivity index (χ2v) is 6.73. The molecule has 0 bridgehead atoms. The molecule has 1 aliphatic rings. The Morgan fingerprint density at radius 3 is 2.90 bits per heavy atom. The maximum Gasteiger partial charge on any atom is 0.119 e. The summed E-state index contributed by atoms with van der Waals surface area (Å²) in [6.07, 6.45) is 3.37. The molecule has 0 amide bonds. The highest BCUT2D eigenvalue weighted by atomic mass is 32.2. The molecule has 1 fully saturated rings. The topological polar surface area (TPSA) is 41.5 Å². The summed E-state index contributed by atoms with van der Waals surface area (Å²) in [5, 5.41) is 14.2. The van der Waals surface area contributed by atoms with Crippen molar-refractivity contribution in [1.29, 1.82) is 0 Å². The lowest BCUT2D eigenvalue weighted by Gasteiger charge is -2.22. The Balaban J connectivity index is 1.66. The summed E-state index contributed by atoms with van der Waals surface area (Å²) >= 11 is 2.03. The van der Waals surface area contributed by atoms with Gasteiger partial charge in [0.05, 0.1) is 0 Å². The molecule has 0 aromatic heterocycles. The van der Waals surface area contributed by atoms with Gasteiger partial charge in [-0.25, -0.2) is 0 Å². The first kappa shape index (κ1) is 15.7. The van der Waals surface area contributed by atoms with Gasteiger partial charge in [-0.1, -0.05) is 31.5 Å². The molecule has 4 heteroatoms. The molecule has 112 valence electrons. The fourth-order valence-corrected chi connectivity index (χ4v) is 3.85. The van der Waals surface area contributed by atoms with E-state index in [4.69, 9.17) is 4.74 Å². The van der Waals surface area contributed by atoms with Gasteiger partial charge < -0.3 is 15.2 Å². The van der Waals surface area contributed by atoms with Crippen LogP contribution >= 0.6 is 11.8 Å². The zero-order valence-corrected chi connectivity index (χ0v) is 12.9. The van der Waals surface area contributed by atoms with Gasteiger partial charge in [0.15, 0.2) is 0 Å². The highest BCUT2D eigenvalue weighted by Gasteiger charge is 2.27. The minimum absolute atomic E-state index is 0.343. The van der Waals surface area contributed by atoms with E-state index in [2.05, 4.69) is 12.2 Å². The van der Waals surface area contributed by atoms with Crippen LogP contribution in [0.2, 0.25) is 0 Å². The molecule has 20 heavy (non-hydrogen) atoms. The van der Waals surface area contributed by atoms with E-state index >= 15 is 0 Å². The van der Waals surface area contributed by atoms with Crippen molar-refractivity contribution in [2.45, 2.75) is 43.6 Å². The number of nitrogens with one attached hydrogen (secondary N) is 1. The van der Waals surface area contributed by atoms with Gasteiger partial charge in [-0.3, -0.25) is 0 Å². The molecule has 2 N–H and O–H groups in total. The maximum atomic E-state index is 9.99. The molecule has 2 rings (SSSR count). The van der Waals surface area contributed by atoms with E-state index in [1.807, 2.05) is 42.1 Å². The van der Waals surface area contributed by atoms with Crippen molar-refractivity contribution >= 4 is 11.8 Å². The van der Waals surface area contributed by atoms with E-state index in [1.54, 1.807) is 0 Å². The highest BCUT2D eigenvalue weighted by Crippen LogP contribution is 2.29. The summed E-state index contributed by atoms with van der Waals surface area (Å²) < 4.78 is 5.56. The largest absolute Gasteiger partial charge is 0.491 e. The predicted octanol–water partition coefficient (Wildman–Crippen LogP) is 2.69. The van der Waals surface area contributed by atoms with Crippen LogP contribution in [0.25, 0.3) is 0 Å². The first-order valence-corrected chi connectivity index (χ1v) is 8.55. The van der Waals surface area contributed by atoms with Crippen LogP contribution in [0, 0.1) is 0 Å². The Hall–Kier alpha value is -0.710. The van der Waals surface area contributed by atoms with E-state index in [0.29, 0.717) is 24.4 Å². The fraction of sp³-hybridized carbons (Fsp3) is 0.625. The predicted molar refractivity (Wildman–Crippen MR) is 85.5 cm³/mol. The molecule has 0 radical (unpaired) electrons. The third kappa shape index (κ3) is 5.00. The summed E-state index contributed by atoms with van der Waals surface area (Å²) in [6, 6.07) is 10.2. The summed E-state index contributed by atoms with van der Waals surface area (Å²) in [7, 11) is 0. The highest BCUT2D eigenvalue weighted by molar-refractivity contribution is 7.99. The van der Waals surface area contributed by atoms with Crippen LogP contribution in [0.4, 0.5) is 0 Å². The monoisotopic (exact) mass is 295 g/mol. The number of aliphatic hydroxyl groups is 1. The van der Waals surface area contributed by atoms with Crippen LogP contribution in [-0.2, 0) is 0 Å². The van der Waals surface area contributed by atoms with Crippen molar-refractivity contribution < 1.29 is 9.84 Å². The van der Waals surface area contributed by atoms with E-state index in [9.17, 15) is 5.11 Å². The third-order valence-corrected chi connectivity index (χ3v) is 4.96. The Kier molecular flexibility index (Phi) is 6.70. The molecule has 1 aliphatic carbocycles. The zero-order chi connectivity index (χ0) is 14.2. The average Bonchev–Trinajstić information content (AvgIpc) is 2.92. The minimum Gasteiger partial charge on any atom is -0.491 e. The van der Waals surface area contributed by atoms with Crippen LogP contribution in [0.3, 0.4) is 0 Å². The number of ether oxygens (including phenoxy) is 1. The number of hydrogen-bond donors (Lipinski definition) is 2. The number of para-hydroxylation sites is 1. The number of benzene rings is 1. The number of thioether (sulfide) groups is 1. The van der Waals surface area contributed by atoms with Crippen molar-refractivity contribution in [1.82, 2.24) is 5.32 Å². The van der Waals surface area contributed by atoms with Gasteiger partial charge in [-0.2, -0.15) is 11.8 Å². The molecule has 3 unspecified atom stereocenters. The molecule has 0 spiro atoms. The number of hydrogen-bond acceptors (Lipinski definition) is 4. The number of rotatable bonds is 8. The van der Waals surface area contributed by atoms with Crippen molar-refractivity contribution in [2.75, 3.05) is 18.9 Å². The van der Waals surface area contributed by atoms with Gasteiger partial charge in [0.1, 0.15) is 18.5 Å². The molecule has 1 aromatic carbocycles. The molecular formula is C16H25NO2S. The molecule has 0 saturated heterocycles. The van der Waals surface area contributed by atoms with Crippen LogP contribution in [-0.4, -0.2) is 41.4 Å². The molecule has 3 atom stereocenters. The van der Waals surface area contributed by atoms with Crippen LogP contribution in [0.1, 0.15) is 26.2 Å². The average molecular weight is 295 g/mol. The van der Waals surface area contributed by atoms with Gasteiger partial charge in [0, 0.05) is 17.8 Å². The summed E-state index contributed by atoms with van der Waals surface area (Å²) in [6.45, 7) is 3.16. The smallest absolute Gasteiger partial charge is 0.119 e. The first-order chi connectivity index (χ1) is 9.79. The quantitative estimate of drug-likeness (QED) is 0.774. The summed E-state index contributed by atoms with van der Waals surface area (Å²) in [5.74, 6) is 1.98. The van der Waals surface area contributed by atoms with Gasteiger partial charge in [0.2, 0.25) is 0 Å². The minimum atomic E-state index is -0.455. The van der Waals surface area contributed by atoms with Crippen LogP contribution < -0.4 is 10.1 Å². The Bertz CT molecular complexity index is 374. The van der Waals surface area contributed by atoms with Gasteiger partial charge in [-0.05, 0) is 30.7 Å². The molecular weight excluding hydrogens is 270 g/mol. The van der Waals surface area contributed by atoms with Crippen molar-refractivity contribution in [3.05, 3.63) is 30.3 Å². The van der Waals surface area contributed by atoms with Gasteiger partial charge in [0.25, 0.3) is 0 Å². The second kappa shape index (κ2) is 8.55. The summed E-state index contributed by atoms with van der Waals surface area (Å²) in [5.41, 5.74) is 0. The van der Waals surface area contributed by atoms with Gasteiger partial charge in [-0.15, -0.1) is 0 Å². The lowest BCUT2D eigenvalue weighted by molar-refractivity contribution is 0.104. The van der Waals surface area contributed by atoms with Crippen molar-refractivity contribution in [3.8, 4) is 5.75 Å². The Labute approximate surface area is 126 Å². The number of aliphatic hydroxyl groups excluding tert-OH is 1. The standard InChI is InChI=1S/C16H25NO2S/c1-2-20-16-10-6-9-15(16)17-11-13(18)12-19-14-7-4-3-5-8-14/h3-5,7-8,13,15-18H,2,6,9-12H2,1H3. The van der Waals surface area contributed by atoms with Gasteiger partial charge >= 0.3 is 0 Å². The normalized spacial score (nSPS) is 23.7. The lowest BCUT2D eigenvalue weighted by Crippen LogP contribution is -2.40. The molecule has 0 heterocycles. The second-order valence-electron chi connectivity index (χ2n) is 5.22. The van der Waals surface area contributed by atoms with Crippen molar-refractivity contribution in [2.24, 2.45) is 0 Å². The maximum absolute atomic E-state index is 9.99. The fourth-order valence-electron chi connectivity index (χ4n) is 2.63. The molecule has 3 nitrogen and oxygen atoms in total. The Morgan fingerprint density at radius 1 is 1.35 bits per heavy atom. The molecule has 1 aromatic rings. The molecule has 0 aliphatic heterocycles. The first-order valence-electron chi connectivity index (χ1n) is 7.50. The zero-order valence-electron chi connectivity index (χ0n) is 12.1. The summed E-state index contributed by atoms with van der Waals surface area (Å²) in [4.78, 5) is 0. The van der Waals surface area contributed by atoms with Crippen molar-refractivity contribution in [3.63, 3.8) is 0 Å². The molecule has 1 saturated carbocycles.